The third-order valence-corrected chi connectivity index (χ3v) is 4.66. The molecule has 0 radical (unpaired) electrons. The van der Waals surface area contributed by atoms with E-state index >= 15 is 0 Å². The Morgan fingerprint density at radius 2 is 2.05 bits per heavy atom. The minimum Gasteiger partial charge on any atom is -0.493 e. The Hall–Kier alpha value is -0.700. The number of alkyl halides is 1. The van der Waals surface area contributed by atoms with Gasteiger partial charge in [0, 0.05) is 10.9 Å². The fraction of sp³-hybridized carbons (Fsp3) is 0.625. The minimum atomic E-state index is 0.341. The molecule has 19 heavy (non-hydrogen) atoms. The van der Waals surface area contributed by atoms with Gasteiger partial charge in [-0.25, -0.2) is 0 Å². The lowest BCUT2D eigenvalue weighted by Crippen LogP contribution is -2.30. The van der Waals surface area contributed by atoms with Crippen LogP contribution in [0.3, 0.4) is 0 Å². The molecule has 106 valence electrons. The van der Waals surface area contributed by atoms with Gasteiger partial charge < -0.3 is 9.47 Å². The van der Waals surface area contributed by atoms with E-state index in [2.05, 4.69) is 28.9 Å². The zero-order valence-corrected chi connectivity index (χ0v) is 13.4. The number of hydrogen-bond donors (Lipinski definition) is 0. The van der Waals surface area contributed by atoms with Crippen LogP contribution in [0.4, 0.5) is 0 Å². The third kappa shape index (κ3) is 3.44. The van der Waals surface area contributed by atoms with E-state index in [1.54, 1.807) is 7.11 Å². The van der Waals surface area contributed by atoms with E-state index in [0.717, 1.165) is 23.2 Å². The molecule has 1 saturated carbocycles. The van der Waals surface area contributed by atoms with Gasteiger partial charge in [-0.05, 0) is 37.7 Å². The van der Waals surface area contributed by atoms with Crippen LogP contribution in [0.5, 0.6) is 11.5 Å². The summed E-state index contributed by atoms with van der Waals surface area (Å²) in [5.41, 5.74) is 1.17. The van der Waals surface area contributed by atoms with Crippen molar-refractivity contribution in [3.63, 3.8) is 0 Å². The zero-order valence-electron chi connectivity index (χ0n) is 11.8. The summed E-state index contributed by atoms with van der Waals surface area (Å²) in [5, 5.41) is 0.795. The summed E-state index contributed by atoms with van der Waals surface area (Å²) in [5.74, 6) is 2.45. The molecule has 0 bridgehead atoms. The first-order valence-electron chi connectivity index (χ1n) is 7.18. The van der Waals surface area contributed by atoms with Crippen LogP contribution in [0.25, 0.3) is 0 Å². The normalized spacial score (nSPS) is 23.1. The van der Waals surface area contributed by atoms with Gasteiger partial charge in [-0.15, -0.1) is 0 Å². The van der Waals surface area contributed by atoms with Crippen molar-refractivity contribution in [2.45, 2.75) is 50.5 Å². The van der Waals surface area contributed by atoms with Crippen LogP contribution in [-0.4, -0.2) is 13.2 Å². The standard InChI is InChI=1S/C16H23BrO2/c1-3-12-7-4-5-9-14(12)19-16-13(11-17)8-6-10-15(16)18-2/h6,8,10,12,14H,3-5,7,9,11H2,1-2H3. The molecule has 2 unspecified atom stereocenters. The Balaban J connectivity index is 2.21. The molecule has 3 heteroatoms. The van der Waals surface area contributed by atoms with Gasteiger partial charge in [0.05, 0.1) is 7.11 Å². The van der Waals surface area contributed by atoms with E-state index in [4.69, 9.17) is 9.47 Å². The summed E-state index contributed by atoms with van der Waals surface area (Å²) in [6.07, 6.45) is 6.62. The molecular weight excluding hydrogens is 304 g/mol. The monoisotopic (exact) mass is 326 g/mol. The molecule has 2 nitrogen and oxygen atoms in total. The predicted octanol–water partition coefficient (Wildman–Crippen LogP) is 4.94. The number of rotatable bonds is 5. The topological polar surface area (TPSA) is 18.5 Å². The highest BCUT2D eigenvalue weighted by Crippen LogP contribution is 2.37. The summed E-state index contributed by atoms with van der Waals surface area (Å²) in [6, 6.07) is 6.09. The fourth-order valence-electron chi connectivity index (χ4n) is 2.91. The summed E-state index contributed by atoms with van der Waals surface area (Å²) in [4.78, 5) is 0. The van der Waals surface area contributed by atoms with Gasteiger partial charge in [-0.3, -0.25) is 0 Å². The molecule has 0 aliphatic heterocycles. The maximum Gasteiger partial charge on any atom is 0.165 e. The van der Waals surface area contributed by atoms with Gasteiger partial charge in [0.1, 0.15) is 6.10 Å². The molecule has 1 aromatic rings. The van der Waals surface area contributed by atoms with E-state index in [0.29, 0.717) is 12.0 Å². The molecule has 0 aromatic heterocycles. The summed E-state index contributed by atoms with van der Waals surface area (Å²) >= 11 is 3.53. The summed E-state index contributed by atoms with van der Waals surface area (Å²) in [7, 11) is 1.71. The largest absolute Gasteiger partial charge is 0.493 e. The van der Waals surface area contributed by atoms with Gasteiger partial charge in [0.2, 0.25) is 0 Å². The Bertz CT molecular complexity index is 383. The molecule has 0 amide bonds. The first-order valence-corrected chi connectivity index (χ1v) is 8.30. The van der Waals surface area contributed by atoms with Crippen LogP contribution in [0.2, 0.25) is 0 Å². The SMILES string of the molecule is CCC1CCCCC1Oc1c(CBr)cccc1OC. The Morgan fingerprint density at radius 3 is 2.74 bits per heavy atom. The molecule has 0 N–H and O–H groups in total. The molecular formula is C16H23BrO2. The van der Waals surface area contributed by atoms with Gasteiger partial charge in [0.15, 0.2) is 11.5 Å². The van der Waals surface area contributed by atoms with Crippen LogP contribution in [-0.2, 0) is 5.33 Å². The number of hydrogen-bond acceptors (Lipinski definition) is 2. The first-order chi connectivity index (χ1) is 9.30. The molecule has 1 aliphatic rings. The molecule has 2 rings (SSSR count). The van der Waals surface area contributed by atoms with Gasteiger partial charge >= 0.3 is 0 Å². The summed E-state index contributed by atoms with van der Waals surface area (Å²) in [6.45, 7) is 2.26. The second-order valence-corrected chi connectivity index (χ2v) is 5.75. The van der Waals surface area contributed by atoms with Crippen LogP contribution in [0, 0.1) is 5.92 Å². The van der Waals surface area contributed by atoms with Crippen molar-refractivity contribution < 1.29 is 9.47 Å². The molecule has 0 heterocycles. The molecule has 1 fully saturated rings. The Labute approximate surface area is 124 Å². The number of methoxy groups -OCH3 is 1. The number of para-hydroxylation sites is 1. The van der Waals surface area contributed by atoms with Crippen molar-refractivity contribution in [1.29, 1.82) is 0 Å². The maximum absolute atomic E-state index is 6.35. The summed E-state index contributed by atoms with van der Waals surface area (Å²) < 4.78 is 11.8. The highest BCUT2D eigenvalue weighted by Gasteiger charge is 2.26. The number of benzene rings is 1. The van der Waals surface area contributed by atoms with Gasteiger partial charge in [0.25, 0.3) is 0 Å². The fourth-order valence-corrected chi connectivity index (χ4v) is 3.35. The molecule has 1 aliphatic carbocycles. The van der Waals surface area contributed by atoms with Crippen molar-refractivity contribution in [2.24, 2.45) is 5.92 Å². The zero-order chi connectivity index (χ0) is 13.7. The van der Waals surface area contributed by atoms with Crippen LogP contribution >= 0.6 is 15.9 Å². The van der Waals surface area contributed by atoms with E-state index in [1.807, 2.05) is 12.1 Å². The molecule has 0 saturated heterocycles. The van der Waals surface area contributed by atoms with E-state index < -0.39 is 0 Å². The maximum atomic E-state index is 6.35. The van der Waals surface area contributed by atoms with Crippen molar-refractivity contribution >= 4 is 15.9 Å². The third-order valence-electron chi connectivity index (χ3n) is 4.06. The van der Waals surface area contributed by atoms with E-state index in [-0.39, 0.29) is 0 Å². The van der Waals surface area contributed by atoms with Crippen molar-refractivity contribution in [3.05, 3.63) is 23.8 Å². The molecule has 2 atom stereocenters. The van der Waals surface area contributed by atoms with Crippen LogP contribution < -0.4 is 9.47 Å². The van der Waals surface area contributed by atoms with Crippen LogP contribution in [0.15, 0.2) is 18.2 Å². The lowest BCUT2D eigenvalue weighted by molar-refractivity contribution is 0.0865. The quantitative estimate of drug-likeness (QED) is 0.713. The first kappa shape index (κ1) is 14.7. The molecule has 0 spiro atoms. The van der Waals surface area contributed by atoms with Gasteiger partial charge in [-0.1, -0.05) is 41.4 Å². The lowest BCUT2D eigenvalue weighted by Gasteiger charge is -2.32. The smallest absolute Gasteiger partial charge is 0.165 e. The highest BCUT2D eigenvalue weighted by molar-refractivity contribution is 9.08. The Kier molecular flexibility index (Phi) is 5.56. The Morgan fingerprint density at radius 1 is 1.26 bits per heavy atom. The van der Waals surface area contributed by atoms with Gasteiger partial charge in [-0.2, -0.15) is 0 Å². The average Bonchev–Trinajstić information content (AvgIpc) is 2.48. The second kappa shape index (κ2) is 7.18. The number of ether oxygens (including phenoxy) is 2. The van der Waals surface area contributed by atoms with E-state index in [1.165, 1.54) is 31.2 Å². The van der Waals surface area contributed by atoms with Crippen LogP contribution in [0.1, 0.15) is 44.6 Å². The second-order valence-electron chi connectivity index (χ2n) is 5.19. The lowest BCUT2D eigenvalue weighted by atomic mass is 9.84. The highest BCUT2D eigenvalue weighted by atomic mass is 79.9. The number of halogens is 1. The van der Waals surface area contributed by atoms with E-state index in [9.17, 15) is 0 Å². The van der Waals surface area contributed by atoms with Crippen molar-refractivity contribution in [1.82, 2.24) is 0 Å². The minimum absolute atomic E-state index is 0.341. The average molecular weight is 327 g/mol. The van der Waals surface area contributed by atoms with Crippen molar-refractivity contribution in [3.8, 4) is 11.5 Å². The predicted molar refractivity (Wildman–Crippen MR) is 82.3 cm³/mol. The van der Waals surface area contributed by atoms with Crippen molar-refractivity contribution in [2.75, 3.05) is 7.11 Å². The molecule has 1 aromatic carbocycles.